The predicted molar refractivity (Wildman–Crippen MR) is 80.2 cm³/mol. The topological polar surface area (TPSA) is 15.3 Å². The van der Waals surface area contributed by atoms with E-state index in [1.54, 1.807) is 0 Å². The lowest BCUT2D eigenvalue weighted by Gasteiger charge is -2.30. The minimum Gasteiger partial charge on any atom is -0.313 e. The fourth-order valence-electron chi connectivity index (χ4n) is 2.94. The van der Waals surface area contributed by atoms with Crippen molar-refractivity contribution in [1.29, 1.82) is 0 Å². The Hall–Kier alpha value is -0.380. The molecule has 0 radical (unpaired) electrons. The molecule has 0 bridgehead atoms. The van der Waals surface area contributed by atoms with Crippen LogP contribution in [0, 0.1) is 5.92 Å². The van der Waals surface area contributed by atoms with Gasteiger partial charge in [-0.25, -0.2) is 0 Å². The first kappa shape index (κ1) is 14.0. The highest BCUT2D eigenvalue weighted by atomic mass is 32.1. The second-order valence-electron chi connectivity index (χ2n) is 5.64. The molecule has 0 aromatic carbocycles. The minimum absolute atomic E-state index is 0.610. The van der Waals surface area contributed by atoms with E-state index in [0.29, 0.717) is 18.0 Å². The van der Waals surface area contributed by atoms with Crippen molar-refractivity contribution < 1.29 is 0 Å². The van der Waals surface area contributed by atoms with Gasteiger partial charge >= 0.3 is 0 Å². The Morgan fingerprint density at radius 2 is 2.33 bits per heavy atom. The lowest BCUT2D eigenvalue weighted by Crippen LogP contribution is -2.35. The molecular weight excluding hydrogens is 240 g/mol. The van der Waals surface area contributed by atoms with Crippen LogP contribution in [0.1, 0.15) is 44.5 Å². The van der Waals surface area contributed by atoms with Gasteiger partial charge in [0.2, 0.25) is 0 Å². The number of likely N-dealkylation sites (tertiary alicyclic amines) is 1. The van der Waals surface area contributed by atoms with Crippen molar-refractivity contribution in [2.24, 2.45) is 5.92 Å². The molecule has 2 heterocycles. The molecule has 1 fully saturated rings. The number of nitrogens with zero attached hydrogens (tertiary/aromatic N) is 1. The standard InChI is InChI=1S/C15H26N2S/c1-4-8-16-13-7-9-17(11-13)15(12(2)3)14-6-5-10-18-14/h5-6,10,12-13,15-16H,4,7-9,11H2,1-3H3. The molecule has 2 unspecified atom stereocenters. The molecule has 2 nitrogen and oxygen atoms in total. The molecule has 1 aromatic heterocycles. The van der Waals surface area contributed by atoms with E-state index in [9.17, 15) is 0 Å². The van der Waals surface area contributed by atoms with Crippen LogP contribution < -0.4 is 5.32 Å². The van der Waals surface area contributed by atoms with Gasteiger partial charge in [0.15, 0.2) is 0 Å². The monoisotopic (exact) mass is 266 g/mol. The zero-order valence-electron chi connectivity index (χ0n) is 11.9. The summed E-state index contributed by atoms with van der Waals surface area (Å²) in [4.78, 5) is 4.20. The molecule has 2 atom stereocenters. The van der Waals surface area contributed by atoms with Crippen molar-refractivity contribution in [3.63, 3.8) is 0 Å². The molecule has 18 heavy (non-hydrogen) atoms. The number of thiophene rings is 1. The smallest absolute Gasteiger partial charge is 0.0465 e. The maximum atomic E-state index is 3.66. The summed E-state index contributed by atoms with van der Waals surface area (Å²) in [5.41, 5.74) is 0. The van der Waals surface area contributed by atoms with E-state index in [4.69, 9.17) is 0 Å². The van der Waals surface area contributed by atoms with E-state index in [0.717, 1.165) is 6.54 Å². The van der Waals surface area contributed by atoms with Gasteiger partial charge in [-0.1, -0.05) is 26.8 Å². The van der Waals surface area contributed by atoms with E-state index in [1.165, 1.54) is 30.8 Å². The molecule has 0 aliphatic carbocycles. The average molecular weight is 266 g/mol. The van der Waals surface area contributed by atoms with Crippen molar-refractivity contribution in [3.8, 4) is 0 Å². The fraction of sp³-hybridized carbons (Fsp3) is 0.733. The summed E-state index contributed by atoms with van der Waals surface area (Å²) >= 11 is 1.90. The van der Waals surface area contributed by atoms with Crippen LogP contribution in [0.2, 0.25) is 0 Å². The van der Waals surface area contributed by atoms with Gasteiger partial charge in [0.05, 0.1) is 0 Å². The predicted octanol–water partition coefficient (Wildman–Crippen LogP) is 3.52. The SMILES string of the molecule is CCCNC1CCN(C(c2cccs2)C(C)C)C1. The van der Waals surface area contributed by atoms with Crippen LogP contribution in [0.25, 0.3) is 0 Å². The summed E-state index contributed by atoms with van der Waals surface area (Å²) < 4.78 is 0. The van der Waals surface area contributed by atoms with Gasteiger partial charge in [0, 0.05) is 30.1 Å². The quantitative estimate of drug-likeness (QED) is 0.847. The molecular formula is C15H26N2S. The molecule has 0 saturated carbocycles. The van der Waals surface area contributed by atoms with Crippen molar-refractivity contribution in [2.45, 2.75) is 45.7 Å². The molecule has 1 N–H and O–H groups in total. The summed E-state index contributed by atoms with van der Waals surface area (Å²) in [6, 6.07) is 5.78. The average Bonchev–Trinajstić information content (AvgIpc) is 2.98. The Morgan fingerprint density at radius 1 is 1.50 bits per heavy atom. The third-order valence-corrected chi connectivity index (χ3v) is 4.71. The highest BCUT2D eigenvalue weighted by Gasteiger charge is 2.30. The van der Waals surface area contributed by atoms with Crippen LogP contribution in [0.15, 0.2) is 17.5 Å². The number of nitrogens with one attached hydrogen (secondary N) is 1. The second kappa shape index (κ2) is 6.69. The van der Waals surface area contributed by atoms with Crippen molar-refractivity contribution in [2.75, 3.05) is 19.6 Å². The molecule has 1 aliphatic rings. The fourth-order valence-corrected chi connectivity index (χ4v) is 3.98. The van der Waals surface area contributed by atoms with Gasteiger partial charge in [0.1, 0.15) is 0 Å². The molecule has 2 rings (SSSR count). The van der Waals surface area contributed by atoms with Crippen LogP contribution in [0.4, 0.5) is 0 Å². The Morgan fingerprint density at radius 3 is 2.94 bits per heavy atom. The summed E-state index contributed by atoms with van der Waals surface area (Å²) in [6.07, 6.45) is 2.53. The van der Waals surface area contributed by atoms with E-state index in [2.05, 4.69) is 48.5 Å². The lowest BCUT2D eigenvalue weighted by atomic mass is 10.0. The maximum Gasteiger partial charge on any atom is 0.0465 e. The molecule has 3 heteroatoms. The van der Waals surface area contributed by atoms with Crippen molar-refractivity contribution >= 4 is 11.3 Å². The zero-order chi connectivity index (χ0) is 13.0. The van der Waals surface area contributed by atoms with Gasteiger partial charge in [-0.05, 0) is 36.8 Å². The minimum atomic E-state index is 0.610. The first-order chi connectivity index (χ1) is 8.72. The Bertz CT molecular complexity index is 334. The highest BCUT2D eigenvalue weighted by Crippen LogP contribution is 2.34. The van der Waals surface area contributed by atoms with E-state index >= 15 is 0 Å². The molecule has 1 aliphatic heterocycles. The molecule has 0 amide bonds. The third kappa shape index (κ3) is 3.34. The van der Waals surface area contributed by atoms with Gasteiger partial charge in [0.25, 0.3) is 0 Å². The van der Waals surface area contributed by atoms with E-state index in [1.807, 2.05) is 11.3 Å². The number of rotatable bonds is 6. The maximum absolute atomic E-state index is 3.66. The van der Waals surface area contributed by atoms with Crippen LogP contribution >= 0.6 is 11.3 Å². The molecule has 102 valence electrons. The van der Waals surface area contributed by atoms with Crippen LogP contribution in [0.3, 0.4) is 0 Å². The Labute approximate surface area is 115 Å². The van der Waals surface area contributed by atoms with Crippen molar-refractivity contribution in [1.82, 2.24) is 10.2 Å². The van der Waals surface area contributed by atoms with Crippen LogP contribution in [-0.2, 0) is 0 Å². The number of hydrogen-bond acceptors (Lipinski definition) is 3. The van der Waals surface area contributed by atoms with Gasteiger partial charge in [-0.2, -0.15) is 0 Å². The number of hydrogen-bond donors (Lipinski definition) is 1. The third-order valence-electron chi connectivity index (χ3n) is 3.76. The molecule has 1 saturated heterocycles. The van der Waals surface area contributed by atoms with E-state index in [-0.39, 0.29) is 0 Å². The Balaban J connectivity index is 1.97. The lowest BCUT2D eigenvalue weighted by molar-refractivity contribution is 0.192. The largest absolute Gasteiger partial charge is 0.313 e. The summed E-state index contributed by atoms with van der Waals surface area (Å²) in [6.45, 7) is 10.5. The van der Waals surface area contributed by atoms with Crippen molar-refractivity contribution in [3.05, 3.63) is 22.4 Å². The van der Waals surface area contributed by atoms with E-state index < -0.39 is 0 Å². The van der Waals surface area contributed by atoms with Gasteiger partial charge < -0.3 is 5.32 Å². The zero-order valence-corrected chi connectivity index (χ0v) is 12.7. The van der Waals surface area contributed by atoms with Gasteiger partial charge in [-0.15, -0.1) is 11.3 Å². The normalized spacial score (nSPS) is 22.8. The summed E-state index contributed by atoms with van der Waals surface area (Å²) in [7, 11) is 0. The van der Waals surface area contributed by atoms with Gasteiger partial charge in [-0.3, -0.25) is 4.90 Å². The summed E-state index contributed by atoms with van der Waals surface area (Å²) in [5.74, 6) is 0.688. The van der Waals surface area contributed by atoms with Crippen LogP contribution in [-0.4, -0.2) is 30.6 Å². The summed E-state index contributed by atoms with van der Waals surface area (Å²) in [5, 5.41) is 5.86. The first-order valence-electron chi connectivity index (χ1n) is 7.23. The van der Waals surface area contributed by atoms with Crippen LogP contribution in [0.5, 0.6) is 0 Å². The second-order valence-corrected chi connectivity index (χ2v) is 6.62. The molecule has 1 aromatic rings. The highest BCUT2D eigenvalue weighted by molar-refractivity contribution is 7.10. The Kier molecular flexibility index (Phi) is 5.22. The molecule has 0 spiro atoms. The first-order valence-corrected chi connectivity index (χ1v) is 8.11.